The summed E-state index contributed by atoms with van der Waals surface area (Å²) in [7, 11) is 0. The third kappa shape index (κ3) is 6.72. The van der Waals surface area contributed by atoms with Crippen molar-refractivity contribution in [3.05, 3.63) is 18.2 Å². The number of nitrogens with two attached hydrogens (primary N) is 2. The molecule has 1 saturated heterocycles. The second-order valence-corrected chi connectivity index (χ2v) is 4.09. The molecule has 0 spiro atoms. The first-order chi connectivity index (χ1) is 8.25. The van der Waals surface area contributed by atoms with Crippen LogP contribution in [0.1, 0.15) is 0 Å². The molecule has 2 rings (SSSR count). The van der Waals surface area contributed by atoms with Crippen LogP contribution in [0.3, 0.4) is 0 Å². The van der Waals surface area contributed by atoms with Gasteiger partial charge in [0.05, 0.1) is 24.6 Å². The van der Waals surface area contributed by atoms with Gasteiger partial charge in [0.15, 0.2) is 0 Å². The zero-order valence-corrected chi connectivity index (χ0v) is 13.6. The second kappa shape index (κ2) is 11.1. The van der Waals surface area contributed by atoms with E-state index in [1.54, 1.807) is 12.1 Å². The van der Waals surface area contributed by atoms with Gasteiger partial charge in [-0.3, -0.25) is 4.90 Å². The van der Waals surface area contributed by atoms with Gasteiger partial charge in [-0.05, 0) is 12.1 Å². The summed E-state index contributed by atoms with van der Waals surface area (Å²) in [6.07, 6.45) is 0. The Morgan fingerprint density at radius 1 is 1.05 bits per heavy atom. The highest BCUT2D eigenvalue weighted by Gasteiger charge is 2.09. The molecule has 1 aliphatic rings. The molecule has 0 aliphatic carbocycles. The third-order valence-corrected chi connectivity index (χ3v) is 2.84. The monoisotopic (exact) mass is 345 g/mol. The van der Waals surface area contributed by atoms with E-state index >= 15 is 0 Å². The average Bonchev–Trinajstić information content (AvgIpc) is 2.35. The summed E-state index contributed by atoms with van der Waals surface area (Å²) in [5.41, 5.74) is 12.5. The van der Waals surface area contributed by atoms with Crippen molar-refractivity contribution in [1.29, 1.82) is 0 Å². The minimum Gasteiger partial charge on any atom is -0.492 e. The first kappa shape index (κ1) is 21.7. The summed E-state index contributed by atoms with van der Waals surface area (Å²) in [5.74, 6) is 0.768. The van der Waals surface area contributed by atoms with Crippen LogP contribution in [0.2, 0.25) is 0 Å². The predicted molar refractivity (Wildman–Crippen MR) is 89.8 cm³/mol. The quantitative estimate of drug-likeness (QED) is 0.814. The molecule has 0 aromatic heterocycles. The van der Waals surface area contributed by atoms with Crippen molar-refractivity contribution in [2.75, 3.05) is 50.9 Å². The number of hydrogen-bond acceptors (Lipinski definition) is 5. The molecule has 0 bridgehead atoms. The first-order valence-corrected chi connectivity index (χ1v) is 5.83. The molecule has 1 fully saturated rings. The lowest BCUT2D eigenvalue weighted by molar-refractivity contribution is 0.0322. The van der Waals surface area contributed by atoms with Crippen molar-refractivity contribution in [3.63, 3.8) is 0 Å². The molecule has 1 aliphatic heterocycles. The number of nitrogens with zero attached hydrogens (tertiary/aromatic N) is 1. The summed E-state index contributed by atoms with van der Waals surface area (Å²) in [6.45, 7) is 5.15. The van der Waals surface area contributed by atoms with Crippen LogP contribution in [0.4, 0.5) is 11.4 Å². The smallest absolute Gasteiger partial charge is 0.121 e. The normalized spacial score (nSPS) is 14.4. The van der Waals surface area contributed by atoms with Gasteiger partial charge in [0.25, 0.3) is 0 Å². The van der Waals surface area contributed by atoms with Gasteiger partial charge in [-0.2, -0.15) is 0 Å². The van der Waals surface area contributed by atoms with Gasteiger partial charge < -0.3 is 20.9 Å². The summed E-state index contributed by atoms with van der Waals surface area (Å²) in [5, 5.41) is 0. The molecule has 5 nitrogen and oxygen atoms in total. The van der Waals surface area contributed by atoms with Crippen molar-refractivity contribution in [1.82, 2.24) is 4.90 Å². The zero-order valence-electron chi connectivity index (χ0n) is 11.1. The number of anilines is 2. The SMILES string of the molecule is Cl.Cl.Cl.Nc1ccc(OCCN2CCOCC2)cc1N. The van der Waals surface area contributed by atoms with Crippen LogP contribution in [-0.4, -0.2) is 44.4 Å². The Bertz CT molecular complexity index is 377. The van der Waals surface area contributed by atoms with Crippen molar-refractivity contribution in [2.24, 2.45) is 0 Å². The highest BCUT2D eigenvalue weighted by atomic mass is 35.5. The Labute approximate surface area is 138 Å². The fraction of sp³-hybridized carbons (Fsp3) is 0.500. The Kier molecular flexibility index (Phi) is 12.1. The Morgan fingerprint density at radius 2 is 1.70 bits per heavy atom. The number of ether oxygens (including phenoxy) is 2. The summed E-state index contributed by atoms with van der Waals surface area (Å²) >= 11 is 0. The summed E-state index contributed by atoms with van der Waals surface area (Å²) in [4.78, 5) is 2.32. The van der Waals surface area contributed by atoms with E-state index in [4.69, 9.17) is 20.9 Å². The van der Waals surface area contributed by atoms with Crippen LogP contribution in [0, 0.1) is 0 Å². The molecular formula is C12H22Cl3N3O2. The van der Waals surface area contributed by atoms with Crippen molar-refractivity contribution in [2.45, 2.75) is 0 Å². The topological polar surface area (TPSA) is 73.7 Å². The average molecular weight is 347 g/mol. The minimum atomic E-state index is 0. The Hall–Kier alpha value is -0.590. The molecule has 118 valence electrons. The zero-order chi connectivity index (χ0) is 12.1. The molecule has 1 aromatic rings. The highest BCUT2D eigenvalue weighted by molar-refractivity contribution is 5.86. The molecule has 0 saturated carbocycles. The van der Waals surface area contributed by atoms with Crippen molar-refractivity contribution in [3.8, 4) is 5.75 Å². The number of benzene rings is 1. The van der Waals surface area contributed by atoms with Gasteiger partial charge in [-0.15, -0.1) is 37.2 Å². The van der Waals surface area contributed by atoms with Gasteiger partial charge in [-0.25, -0.2) is 0 Å². The van der Waals surface area contributed by atoms with E-state index in [-0.39, 0.29) is 37.2 Å². The van der Waals surface area contributed by atoms with E-state index in [1.165, 1.54) is 0 Å². The van der Waals surface area contributed by atoms with Gasteiger partial charge >= 0.3 is 0 Å². The molecule has 0 atom stereocenters. The lowest BCUT2D eigenvalue weighted by Gasteiger charge is -2.26. The predicted octanol–water partition coefficient (Wildman–Crippen LogP) is 1.83. The van der Waals surface area contributed by atoms with Crippen LogP contribution in [0.15, 0.2) is 18.2 Å². The fourth-order valence-electron chi connectivity index (χ4n) is 1.76. The van der Waals surface area contributed by atoms with Crippen LogP contribution < -0.4 is 16.2 Å². The van der Waals surface area contributed by atoms with Crippen molar-refractivity contribution < 1.29 is 9.47 Å². The van der Waals surface area contributed by atoms with Crippen molar-refractivity contribution >= 4 is 48.6 Å². The van der Waals surface area contributed by atoms with Crippen LogP contribution in [0.25, 0.3) is 0 Å². The molecule has 0 unspecified atom stereocenters. The maximum atomic E-state index is 5.70. The minimum absolute atomic E-state index is 0. The maximum Gasteiger partial charge on any atom is 0.121 e. The third-order valence-electron chi connectivity index (χ3n) is 2.84. The first-order valence-electron chi connectivity index (χ1n) is 5.83. The van der Waals surface area contributed by atoms with Crippen LogP contribution >= 0.6 is 37.2 Å². The molecule has 1 aromatic carbocycles. The second-order valence-electron chi connectivity index (χ2n) is 4.09. The maximum absolute atomic E-state index is 5.70. The standard InChI is InChI=1S/C12H19N3O2.3ClH/c13-11-2-1-10(9-12(11)14)17-8-5-15-3-6-16-7-4-15;;;/h1-2,9H,3-8,13-14H2;3*1H. The van der Waals surface area contributed by atoms with E-state index in [1.807, 2.05) is 6.07 Å². The number of morpholine rings is 1. The number of nitrogen functional groups attached to an aromatic ring is 2. The molecule has 8 heteroatoms. The fourth-order valence-corrected chi connectivity index (χ4v) is 1.76. The number of rotatable bonds is 4. The summed E-state index contributed by atoms with van der Waals surface area (Å²) in [6, 6.07) is 5.36. The summed E-state index contributed by atoms with van der Waals surface area (Å²) < 4.78 is 10.9. The molecule has 20 heavy (non-hydrogen) atoms. The molecular weight excluding hydrogens is 325 g/mol. The van der Waals surface area contributed by atoms with E-state index in [0.29, 0.717) is 18.0 Å². The highest BCUT2D eigenvalue weighted by Crippen LogP contribution is 2.21. The van der Waals surface area contributed by atoms with E-state index in [2.05, 4.69) is 4.90 Å². The van der Waals surface area contributed by atoms with E-state index < -0.39 is 0 Å². The molecule has 4 N–H and O–H groups in total. The Morgan fingerprint density at radius 3 is 2.30 bits per heavy atom. The van der Waals surface area contributed by atoms with Gasteiger partial charge in [0, 0.05) is 25.7 Å². The largest absolute Gasteiger partial charge is 0.492 e. The van der Waals surface area contributed by atoms with Gasteiger partial charge in [-0.1, -0.05) is 0 Å². The number of halogens is 3. The molecule has 1 heterocycles. The van der Waals surface area contributed by atoms with E-state index in [9.17, 15) is 0 Å². The molecule has 0 radical (unpaired) electrons. The molecule has 0 amide bonds. The van der Waals surface area contributed by atoms with Gasteiger partial charge in [0.2, 0.25) is 0 Å². The lowest BCUT2D eigenvalue weighted by atomic mass is 10.2. The lowest BCUT2D eigenvalue weighted by Crippen LogP contribution is -2.38. The Balaban J connectivity index is 0. The van der Waals surface area contributed by atoms with Gasteiger partial charge in [0.1, 0.15) is 12.4 Å². The van der Waals surface area contributed by atoms with E-state index in [0.717, 1.165) is 38.6 Å². The van der Waals surface area contributed by atoms with Crippen LogP contribution in [0.5, 0.6) is 5.75 Å². The van der Waals surface area contributed by atoms with Crippen LogP contribution in [-0.2, 0) is 4.74 Å². The number of hydrogen-bond donors (Lipinski definition) is 2.